The van der Waals surface area contributed by atoms with Gasteiger partial charge in [-0.15, -0.1) is 12.4 Å². The van der Waals surface area contributed by atoms with Crippen molar-refractivity contribution >= 4 is 29.9 Å². The van der Waals surface area contributed by atoms with Gasteiger partial charge < -0.3 is 11.1 Å². The fourth-order valence-corrected chi connectivity index (χ4v) is 3.93. The van der Waals surface area contributed by atoms with Gasteiger partial charge in [0.15, 0.2) is 0 Å². The van der Waals surface area contributed by atoms with Gasteiger partial charge in [-0.05, 0) is 55.7 Å². The maximum atomic E-state index is 12.6. The Morgan fingerprint density at radius 3 is 2.19 bits per heavy atom. The molecule has 0 radical (unpaired) electrons. The molecule has 1 aliphatic carbocycles. The highest BCUT2D eigenvalue weighted by Crippen LogP contribution is 2.48. The van der Waals surface area contributed by atoms with Crippen LogP contribution in [0.15, 0.2) is 24.3 Å². The number of hydrogen-bond acceptors (Lipinski definition) is 2. The molecule has 1 aromatic rings. The zero-order valence-corrected chi connectivity index (χ0v) is 18.0. The lowest BCUT2D eigenvalue weighted by molar-refractivity contribution is -0.123. The molecule has 1 aromatic carbocycles. The molecule has 3 nitrogen and oxygen atoms in total. The van der Waals surface area contributed by atoms with E-state index in [4.69, 9.17) is 17.3 Å². The second kappa shape index (κ2) is 9.96. The zero-order valence-electron chi connectivity index (χ0n) is 16.4. The van der Waals surface area contributed by atoms with Gasteiger partial charge in [-0.25, -0.2) is 0 Å². The first kappa shape index (κ1) is 23.3. The number of halogens is 2. The van der Waals surface area contributed by atoms with E-state index in [0.29, 0.717) is 12.3 Å². The smallest absolute Gasteiger partial charge is 0.220 e. The third-order valence-corrected chi connectivity index (χ3v) is 6.03. The minimum absolute atomic E-state index is 0. The van der Waals surface area contributed by atoms with E-state index in [9.17, 15) is 4.79 Å². The Morgan fingerprint density at radius 1 is 1.19 bits per heavy atom. The molecule has 2 rings (SSSR count). The van der Waals surface area contributed by atoms with Crippen LogP contribution in [0, 0.1) is 11.8 Å². The summed E-state index contributed by atoms with van der Waals surface area (Å²) in [6.07, 6.45) is 4.93. The number of nitrogens with two attached hydrogens (primary N) is 1. The van der Waals surface area contributed by atoms with Crippen LogP contribution in [0.4, 0.5) is 0 Å². The Morgan fingerprint density at radius 2 is 1.77 bits per heavy atom. The minimum atomic E-state index is 0. The van der Waals surface area contributed by atoms with Crippen molar-refractivity contribution in [3.63, 3.8) is 0 Å². The van der Waals surface area contributed by atoms with E-state index in [2.05, 4.69) is 31.3 Å². The fraction of sp³-hybridized carbons (Fsp3) is 0.667. The molecular formula is C21H34Cl2N2O. The van der Waals surface area contributed by atoms with Gasteiger partial charge in [-0.3, -0.25) is 4.79 Å². The molecule has 0 heterocycles. The molecule has 0 saturated heterocycles. The predicted octanol–water partition coefficient (Wildman–Crippen LogP) is 5.09. The van der Waals surface area contributed by atoms with Gasteiger partial charge >= 0.3 is 0 Å². The van der Waals surface area contributed by atoms with Crippen molar-refractivity contribution in [2.75, 3.05) is 0 Å². The van der Waals surface area contributed by atoms with E-state index in [-0.39, 0.29) is 41.7 Å². The summed E-state index contributed by atoms with van der Waals surface area (Å²) in [6, 6.07) is 8.38. The average Bonchev–Trinajstić information content (AvgIpc) is 2.47. The van der Waals surface area contributed by atoms with Crippen molar-refractivity contribution in [2.24, 2.45) is 17.6 Å². The lowest BCUT2D eigenvalue weighted by Gasteiger charge is -2.49. The van der Waals surface area contributed by atoms with E-state index >= 15 is 0 Å². The number of benzene rings is 1. The zero-order chi connectivity index (χ0) is 18.6. The molecule has 0 bridgehead atoms. The van der Waals surface area contributed by atoms with Gasteiger partial charge in [0.05, 0.1) is 0 Å². The summed E-state index contributed by atoms with van der Waals surface area (Å²) in [6.45, 7) is 8.45. The topological polar surface area (TPSA) is 55.1 Å². The number of nitrogens with one attached hydrogen (secondary N) is 1. The highest BCUT2D eigenvalue weighted by Gasteiger charge is 2.46. The Hall–Kier alpha value is -0.770. The fourth-order valence-electron chi connectivity index (χ4n) is 3.80. The van der Waals surface area contributed by atoms with Crippen molar-refractivity contribution in [3.05, 3.63) is 34.9 Å². The molecule has 1 fully saturated rings. The summed E-state index contributed by atoms with van der Waals surface area (Å²) < 4.78 is 0. The molecule has 0 spiro atoms. The molecule has 26 heavy (non-hydrogen) atoms. The monoisotopic (exact) mass is 400 g/mol. The first-order valence-electron chi connectivity index (χ1n) is 9.55. The van der Waals surface area contributed by atoms with E-state index in [0.717, 1.165) is 24.3 Å². The van der Waals surface area contributed by atoms with E-state index < -0.39 is 0 Å². The lowest BCUT2D eigenvalue weighted by Crippen LogP contribution is -2.55. The summed E-state index contributed by atoms with van der Waals surface area (Å²) in [5.74, 6) is 0.837. The van der Waals surface area contributed by atoms with Crippen LogP contribution in [0.25, 0.3) is 0 Å². The summed E-state index contributed by atoms with van der Waals surface area (Å²) in [4.78, 5) is 12.6. The molecule has 3 unspecified atom stereocenters. The van der Waals surface area contributed by atoms with Gasteiger partial charge in [-0.2, -0.15) is 0 Å². The van der Waals surface area contributed by atoms with Crippen molar-refractivity contribution in [2.45, 2.75) is 77.3 Å². The number of hydrogen-bond donors (Lipinski definition) is 2. The highest BCUT2D eigenvalue weighted by molar-refractivity contribution is 6.30. The number of carbonyl (C=O) groups excluding carboxylic acids is 1. The van der Waals surface area contributed by atoms with Crippen LogP contribution in [-0.4, -0.2) is 18.0 Å². The lowest BCUT2D eigenvalue weighted by atomic mass is 9.59. The Kier molecular flexibility index (Phi) is 8.92. The second-order valence-corrected chi connectivity index (χ2v) is 8.74. The SMILES string of the molecule is CC(C)CC(NC(=O)CC(C)C(C)N)C1(c2ccc(Cl)cc2)CCC1.Cl. The number of rotatable bonds is 8. The quantitative estimate of drug-likeness (QED) is 0.638. The van der Waals surface area contributed by atoms with E-state index in [1.54, 1.807) is 0 Å². The van der Waals surface area contributed by atoms with Crippen LogP contribution in [0.1, 0.15) is 65.4 Å². The predicted molar refractivity (Wildman–Crippen MR) is 113 cm³/mol. The summed E-state index contributed by atoms with van der Waals surface area (Å²) in [5.41, 5.74) is 7.28. The van der Waals surface area contributed by atoms with Gasteiger partial charge in [0.2, 0.25) is 5.91 Å². The van der Waals surface area contributed by atoms with Crippen LogP contribution >= 0.6 is 24.0 Å². The summed E-state index contributed by atoms with van der Waals surface area (Å²) in [7, 11) is 0. The van der Waals surface area contributed by atoms with Crippen LogP contribution < -0.4 is 11.1 Å². The highest BCUT2D eigenvalue weighted by atomic mass is 35.5. The molecule has 1 aliphatic rings. The normalized spacial score (nSPS) is 19.0. The van der Waals surface area contributed by atoms with Gasteiger partial charge in [-0.1, -0.05) is 50.9 Å². The first-order chi connectivity index (χ1) is 11.7. The van der Waals surface area contributed by atoms with Crippen molar-refractivity contribution < 1.29 is 4.79 Å². The summed E-state index contributed by atoms with van der Waals surface area (Å²) >= 11 is 6.08. The van der Waals surface area contributed by atoms with E-state index in [1.165, 1.54) is 12.0 Å². The molecule has 0 aromatic heterocycles. The Labute approximate surface area is 169 Å². The van der Waals surface area contributed by atoms with Crippen LogP contribution in [0.5, 0.6) is 0 Å². The molecular weight excluding hydrogens is 367 g/mol. The van der Waals surface area contributed by atoms with E-state index in [1.807, 2.05) is 26.0 Å². The van der Waals surface area contributed by atoms with Crippen molar-refractivity contribution in [1.29, 1.82) is 0 Å². The Balaban J connectivity index is 0.00000338. The Bertz CT molecular complexity index is 568. The average molecular weight is 401 g/mol. The third kappa shape index (κ3) is 5.61. The van der Waals surface area contributed by atoms with Crippen LogP contribution in [-0.2, 0) is 10.2 Å². The maximum absolute atomic E-state index is 12.6. The molecule has 3 atom stereocenters. The largest absolute Gasteiger partial charge is 0.352 e. The van der Waals surface area contributed by atoms with Gasteiger partial charge in [0, 0.05) is 28.9 Å². The minimum Gasteiger partial charge on any atom is -0.352 e. The van der Waals surface area contributed by atoms with Gasteiger partial charge in [0.25, 0.3) is 0 Å². The maximum Gasteiger partial charge on any atom is 0.220 e. The van der Waals surface area contributed by atoms with Crippen LogP contribution in [0.3, 0.4) is 0 Å². The summed E-state index contributed by atoms with van der Waals surface area (Å²) in [5, 5.41) is 4.12. The van der Waals surface area contributed by atoms with Crippen molar-refractivity contribution in [3.8, 4) is 0 Å². The molecule has 148 valence electrons. The number of carbonyl (C=O) groups is 1. The molecule has 1 saturated carbocycles. The molecule has 1 amide bonds. The third-order valence-electron chi connectivity index (χ3n) is 5.78. The second-order valence-electron chi connectivity index (χ2n) is 8.31. The standard InChI is InChI=1S/C21H33ClN2O.ClH/c1-14(2)12-19(24-20(25)13-15(3)16(4)23)21(10-5-11-21)17-6-8-18(22)9-7-17;/h6-9,14-16,19H,5,10-13,23H2,1-4H3,(H,24,25);1H. The molecule has 5 heteroatoms. The molecule has 0 aliphatic heterocycles. The van der Waals surface area contributed by atoms with Crippen LogP contribution in [0.2, 0.25) is 5.02 Å². The van der Waals surface area contributed by atoms with Gasteiger partial charge in [0.1, 0.15) is 0 Å². The number of amides is 1. The molecule has 3 N–H and O–H groups in total. The first-order valence-corrected chi connectivity index (χ1v) is 9.93. The van der Waals surface area contributed by atoms with Crippen molar-refractivity contribution in [1.82, 2.24) is 5.32 Å².